The second-order valence-corrected chi connectivity index (χ2v) is 14.0. The standard InChI is InChI=1S/C35H62N2O5/c1-3-35(26-40-2,27-41-24-33(38)36(29-16-8-4-9-17-29)30-18-10-5-11-19-30)28-42-25-34(39)37(31-20-12-6-13-21-31)32-22-14-7-15-23-32/h29-32H,3-28H2,1-2H3. The molecule has 4 aliphatic carbocycles. The molecule has 42 heavy (non-hydrogen) atoms. The molecule has 4 saturated carbocycles. The number of nitrogens with zero attached hydrogens (tertiary/aromatic N) is 2. The lowest BCUT2D eigenvalue weighted by atomic mass is 9.87. The molecule has 0 N–H and O–H groups in total. The maximum atomic E-state index is 13.6. The molecule has 4 fully saturated rings. The first-order valence-corrected chi connectivity index (χ1v) is 17.8. The minimum absolute atomic E-state index is 0.120. The fourth-order valence-corrected chi connectivity index (χ4v) is 8.44. The number of methoxy groups -OCH3 is 1. The number of ether oxygens (including phenoxy) is 3. The molecule has 7 nitrogen and oxygen atoms in total. The van der Waals surface area contributed by atoms with Gasteiger partial charge < -0.3 is 24.0 Å². The molecular weight excluding hydrogens is 528 g/mol. The zero-order valence-electron chi connectivity index (χ0n) is 27.1. The Hall–Kier alpha value is -1.18. The van der Waals surface area contributed by atoms with Crippen LogP contribution in [0.5, 0.6) is 0 Å². The number of carbonyl (C=O) groups is 2. The Kier molecular flexibility index (Phi) is 14.4. The van der Waals surface area contributed by atoms with E-state index in [2.05, 4.69) is 16.7 Å². The van der Waals surface area contributed by atoms with E-state index in [-0.39, 0.29) is 30.4 Å². The van der Waals surface area contributed by atoms with Gasteiger partial charge in [-0.15, -0.1) is 0 Å². The molecule has 7 heteroatoms. The summed E-state index contributed by atoms with van der Waals surface area (Å²) in [5.74, 6) is 0.311. The van der Waals surface area contributed by atoms with Gasteiger partial charge in [-0.3, -0.25) is 9.59 Å². The average Bonchev–Trinajstić information content (AvgIpc) is 3.03. The van der Waals surface area contributed by atoms with E-state index in [1.165, 1.54) is 77.0 Å². The molecule has 4 aliphatic rings. The summed E-state index contributed by atoms with van der Waals surface area (Å²) in [6, 6.07) is 1.49. The monoisotopic (exact) mass is 590 g/mol. The second-order valence-electron chi connectivity index (χ2n) is 14.0. The summed E-state index contributed by atoms with van der Waals surface area (Å²) in [6.07, 6.45) is 24.8. The van der Waals surface area contributed by atoms with Gasteiger partial charge >= 0.3 is 0 Å². The van der Waals surface area contributed by atoms with Crippen LogP contribution in [0.25, 0.3) is 0 Å². The van der Waals surface area contributed by atoms with Crippen LogP contribution in [0.4, 0.5) is 0 Å². The highest BCUT2D eigenvalue weighted by Gasteiger charge is 2.36. The highest BCUT2D eigenvalue weighted by molar-refractivity contribution is 5.78. The van der Waals surface area contributed by atoms with Crippen LogP contribution >= 0.6 is 0 Å². The average molecular weight is 591 g/mol. The van der Waals surface area contributed by atoms with Gasteiger partial charge in [0, 0.05) is 36.7 Å². The van der Waals surface area contributed by atoms with Crippen LogP contribution in [-0.4, -0.2) is 85.9 Å². The lowest BCUT2D eigenvalue weighted by Crippen LogP contribution is -2.51. The Morgan fingerprint density at radius 1 is 0.548 bits per heavy atom. The molecule has 4 rings (SSSR count). The summed E-state index contributed by atoms with van der Waals surface area (Å²) in [5.41, 5.74) is -0.379. The minimum Gasteiger partial charge on any atom is -0.384 e. The van der Waals surface area contributed by atoms with Crippen molar-refractivity contribution in [2.24, 2.45) is 5.41 Å². The maximum Gasteiger partial charge on any atom is 0.249 e. The SMILES string of the molecule is CCC(COC)(COCC(=O)N(C1CCCCC1)C1CCCCC1)COCC(=O)N(C1CCCCC1)C1CCCCC1. The van der Waals surface area contributed by atoms with E-state index in [1.54, 1.807) is 7.11 Å². The van der Waals surface area contributed by atoms with Gasteiger partial charge in [0.1, 0.15) is 13.2 Å². The first-order chi connectivity index (χ1) is 20.6. The number of rotatable bonds is 15. The molecule has 0 aliphatic heterocycles. The number of hydrogen-bond donors (Lipinski definition) is 0. The van der Waals surface area contributed by atoms with E-state index in [9.17, 15) is 9.59 Å². The lowest BCUT2D eigenvalue weighted by molar-refractivity contribution is -0.148. The fourth-order valence-electron chi connectivity index (χ4n) is 8.44. The van der Waals surface area contributed by atoms with Crippen molar-refractivity contribution in [2.75, 3.05) is 40.1 Å². The highest BCUT2D eigenvalue weighted by atomic mass is 16.5. The molecule has 0 saturated heterocycles. The summed E-state index contributed by atoms with van der Waals surface area (Å²) in [7, 11) is 1.71. The second kappa shape index (κ2) is 17.9. The topological polar surface area (TPSA) is 68.3 Å². The Labute approximate surface area is 256 Å². The number of amides is 2. The summed E-state index contributed by atoms with van der Waals surface area (Å²) < 4.78 is 18.1. The maximum absolute atomic E-state index is 13.6. The zero-order chi connectivity index (χ0) is 29.6. The minimum atomic E-state index is -0.379. The quantitative estimate of drug-likeness (QED) is 0.204. The van der Waals surface area contributed by atoms with Crippen molar-refractivity contribution in [1.82, 2.24) is 9.80 Å². The fraction of sp³-hybridized carbons (Fsp3) is 0.943. The van der Waals surface area contributed by atoms with E-state index < -0.39 is 0 Å². The van der Waals surface area contributed by atoms with Crippen molar-refractivity contribution in [1.29, 1.82) is 0 Å². The molecule has 0 spiro atoms. The first kappa shape index (κ1) is 33.7. The van der Waals surface area contributed by atoms with Crippen LogP contribution in [0.2, 0.25) is 0 Å². The molecule has 0 radical (unpaired) electrons. The Bertz CT molecular complexity index is 688. The lowest BCUT2D eigenvalue weighted by Gasteiger charge is -2.42. The predicted octanol–water partition coefficient (Wildman–Crippen LogP) is 7.05. The van der Waals surface area contributed by atoms with Crippen molar-refractivity contribution in [3.05, 3.63) is 0 Å². The van der Waals surface area contributed by atoms with Crippen molar-refractivity contribution >= 4 is 11.8 Å². The summed E-state index contributed by atoms with van der Waals surface area (Å²) in [6.45, 7) is 3.64. The van der Waals surface area contributed by atoms with E-state index >= 15 is 0 Å². The van der Waals surface area contributed by atoms with Crippen LogP contribution in [0.3, 0.4) is 0 Å². The van der Waals surface area contributed by atoms with Gasteiger partial charge in [0.15, 0.2) is 0 Å². The van der Waals surface area contributed by atoms with Crippen molar-refractivity contribution in [3.8, 4) is 0 Å². The van der Waals surface area contributed by atoms with E-state index in [0.717, 1.165) is 57.8 Å². The van der Waals surface area contributed by atoms with E-state index in [0.29, 0.717) is 44.0 Å². The predicted molar refractivity (Wildman–Crippen MR) is 167 cm³/mol. The number of hydrogen-bond acceptors (Lipinski definition) is 5. The van der Waals surface area contributed by atoms with Gasteiger partial charge in [-0.25, -0.2) is 0 Å². The Morgan fingerprint density at radius 2 is 0.857 bits per heavy atom. The smallest absolute Gasteiger partial charge is 0.249 e. The van der Waals surface area contributed by atoms with Crippen molar-refractivity contribution in [2.45, 2.75) is 166 Å². The zero-order valence-corrected chi connectivity index (χ0v) is 27.1. The van der Waals surface area contributed by atoms with Gasteiger partial charge in [-0.1, -0.05) is 84.0 Å². The van der Waals surface area contributed by atoms with Crippen LogP contribution in [0.1, 0.15) is 142 Å². The van der Waals surface area contributed by atoms with E-state index in [1.807, 2.05) is 0 Å². The number of carbonyl (C=O) groups excluding carboxylic acids is 2. The molecule has 2 amide bonds. The molecule has 0 aromatic carbocycles. The third-order valence-electron chi connectivity index (χ3n) is 10.9. The van der Waals surface area contributed by atoms with Gasteiger partial charge in [-0.05, 0) is 57.8 Å². The normalized spacial score (nSPS) is 22.2. The highest BCUT2D eigenvalue weighted by Crippen LogP contribution is 2.32. The molecule has 0 atom stereocenters. The molecule has 0 bridgehead atoms. The molecule has 0 aromatic rings. The molecule has 242 valence electrons. The van der Waals surface area contributed by atoms with Crippen LogP contribution in [0, 0.1) is 5.41 Å². The molecule has 0 heterocycles. The van der Waals surface area contributed by atoms with Crippen molar-refractivity contribution < 1.29 is 23.8 Å². The Morgan fingerprint density at radius 3 is 1.12 bits per heavy atom. The Balaban J connectivity index is 1.31. The third-order valence-corrected chi connectivity index (χ3v) is 10.9. The summed E-state index contributed by atoms with van der Waals surface area (Å²) >= 11 is 0. The summed E-state index contributed by atoms with van der Waals surface area (Å²) in [5, 5.41) is 0. The van der Waals surface area contributed by atoms with Crippen LogP contribution in [-0.2, 0) is 23.8 Å². The van der Waals surface area contributed by atoms with Crippen LogP contribution in [0.15, 0.2) is 0 Å². The van der Waals surface area contributed by atoms with E-state index in [4.69, 9.17) is 14.2 Å². The molecule has 0 unspecified atom stereocenters. The van der Waals surface area contributed by atoms with Gasteiger partial charge in [0.2, 0.25) is 11.8 Å². The van der Waals surface area contributed by atoms with Crippen LogP contribution < -0.4 is 0 Å². The summed E-state index contributed by atoms with van der Waals surface area (Å²) in [4.78, 5) is 31.8. The van der Waals surface area contributed by atoms with Gasteiger partial charge in [0.05, 0.1) is 19.8 Å². The first-order valence-electron chi connectivity index (χ1n) is 17.8. The van der Waals surface area contributed by atoms with Gasteiger partial charge in [-0.2, -0.15) is 0 Å². The largest absolute Gasteiger partial charge is 0.384 e. The van der Waals surface area contributed by atoms with Gasteiger partial charge in [0.25, 0.3) is 0 Å². The van der Waals surface area contributed by atoms with Crippen molar-refractivity contribution in [3.63, 3.8) is 0 Å². The third kappa shape index (κ3) is 9.66. The molecular formula is C35H62N2O5. The molecule has 0 aromatic heterocycles.